The Balaban J connectivity index is 1.47. The number of carboxylic acids is 1. The molecule has 10 N–H and O–H groups in total. The lowest BCUT2D eigenvalue weighted by Crippen LogP contribution is -2.71. The Bertz CT molecular complexity index is 1430. The van der Waals surface area contributed by atoms with Gasteiger partial charge in [0, 0.05) is 44.8 Å². The average molecular weight is 640 g/mol. The van der Waals surface area contributed by atoms with Crippen LogP contribution in [0.15, 0.2) is 49.5 Å². The molecule has 2 aliphatic rings. The molecule has 0 spiro atoms. The number of oxime groups is 1. The number of guanidine groups is 1. The largest absolute Gasteiger partial charge is 0.477 e. The summed E-state index contributed by atoms with van der Waals surface area (Å²) in [5.74, 6) is -1.64. The normalized spacial score (nSPS) is 19.3. The third-order valence-electron chi connectivity index (χ3n) is 5.70. The minimum Gasteiger partial charge on any atom is -0.477 e. The van der Waals surface area contributed by atoms with Gasteiger partial charge in [0.1, 0.15) is 22.8 Å². The number of nitrogens with one attached hydrogen (secondary N) is 1. The van der Waals surface area contributed by atoms with E-state index in [-0.39, 0.29) is 34.8 Å². The van der Waals surface area contributed by atoms with Crippen LogP contribution in [0.5, 0.6) is 0 Å². The summed E-state index contributed by atoms with van der Waals surface area (Å²) in [6.45, 7) is -0.217. The number of rotatable bonds is 12. The number of aliphatic carboxylic acids is 1. The van der Waals surface area contributed by atoms with E-state index in [2.05, 4.69) is 25.4 Å². The van der Waals surface area contributed by atoms with Crippen LogP contribution in [0.2, 0.25) is 0 Å². The molecule has 41 heavy (non-hydrogen) atoms. The van der Waals surface area contributed by atoms with Crippen LogP contribution >= 0.6 is 46.6 Å². The summed E-state index contributed by atoms with van der Waals surface area (Å²) in [6.07, 6.45) is 3.25. The van der Waals surface area contributed by atoms with E-state index in [0.717, 1.165) is 26.7 Å². The van der Waals surface area contributed by atoms with Gasteiger partial charge in [0.25, 0.3) is 11.8 Å². The number of carbonyl (C=O) groups is 3. The number of hydrogen-bond acceptors (Lipinski definition) is 14. The van der Waals surface area contributed by atoms with Gasteiger partial charge < -0.3 is 37.9 Å². The van der Waals surface area contributed by atoms with Gasteiger partial charge in [-0.05, 0) is 11.6 Å². The molecule has 0 bridgehead atoms. The van der Waals surface area contributed by atoms with Gasteiger partial charge in [0.15, 0.2) is 16.8 Å². The number of carboxylic acid groups (broad SMARTS) is 1. The average Bonchev–Trinajstić information content (AvgIpc) is 3.37. The van der Waals surface area contributed by atoms with Crippen molar-refractivity contribution in [2.75, 3.05) is 23.8 Å². The van der Waals surface area contributed by atoms with Crippen LogP contribution in [0.1, 0.15) is 11.3 Å². The summed E-state index contributed by atoms with van der Waals surface area (Å²) in [7, 11) is 0. The third-order valence-corrected chi connectivity index (χ3v) is 10.2. The van der Waals surface area contributed by atoms with Crippen molar-refractivity contribution in [1.29, 1.82) is 0 Å². The third kappa shape index (κ3) is 6.87. The molecule has 0 aliphatic carbocycles. The van der Waals surface area contributed by atoms with E-state index in [1.807, 2.05) is 0 Å². The summed E-state index contributed by atoms with van der Waals surface area (Å²) in [4.78, 5) is 52.5. The summed E-state index contributed by atoms with van der Waals surface area (Å²) >= 11 is 5.04. The Kier molecular flexibility index (Phi) is 9.97. The van der Waals surface area contributed by atoms with Crippen LogP contribution in [-0.2, 0) is 20.1 Å². The zero-order valence-corrected chi connectivity index (χ0v) is 24.3. The molecule has 2 aromatic rings. The van der Waals surface area contributed by atoms with E-state index in [1.165, 1.54) is 40.7 Å². The van der Waals surface area contributed by atoms with Gasteiger partial charge in [-0.2, -0.15) is 11.8 Å². The van der Waals surface area contributed by atoms with E-state index >= 15 is 0 Å². The first-order chi connectivity index (χ1) is 19.6. The van der Waals surface area contributed by atoms with Crippen LogP contribution in [0, 0.1) is 0 Å². The molecule has 19 heteroatoms. The van der Waals surface area contributed by atoms with Gasteiger partial charge in [0.05, 0.1) is 12.6 Å². The Morgan fingerprint density at radius 2 is 2.12 bits per heavy atom. The van der Waals surface area contributed by atoms with E-state index in [0.29, 0.717) is 16.4 Å². The highest BCUT2D eigenvalue weighted by molar-refractivity contribution is 8.06. The molecule has 1 fully saturated rings. The van der Waals surface area contributed by atoms with Gasteiger partial charge >= 0.3 is 5.97 Å². The highest BCUT2D eigenvalue weighted by Crippen LogP contribution is 2.45. The van der Waals surface area contributed by atoms with Crippen LogP contribution in [0.3, 0.4) is 0 Å². The number of nitrogen functional groups attached to an aromatic ring is 1. The molecule has 0 aromatic carbocycles. The molecule has 15 nitrogen and oxygen atoms in total. The molecule has 2 aromatic heterocycles. The van der Waals surface area contributed by atoms with Crippen molar-refractivity contribution < 1.29 is 29.8 Å². The van der Waals surface area contributed by atoms with Crippen LogP contribution in [0.4, 0.5) is 5.13 Å². The molecular formula is C22H25N9O6S4. The fourth-order valence-electron chi connectivity index (χ4n) is 3.89. The molecule has 0 saturated carbocycles. The number of aliphatic hydroxyl groups excluding tert-OH is 1. The van der Waals surface area contributed by atoms with Gasteiger partial charge in [0.2, 0.25) is 0 Å². The number of aliphatic imine (C=N–C) groups is 1. The standard InChI is InChI=1S/C22H25N9O6S4/c23-21(24)27-10(4-32)6-38-5-9-3-26-2-1-12(9)41-13-8-39-19-15(18(34)31(19)16(13)20(35)36)29-17(33)14(30-37)11-7-40-22(25)28-11/h1-3,7,10,15,19,32,37H,4-6,8H2,(H2,25,28)(H,29,33)(H,35,36)(H4,23,24,27)/b30-14-/t10?,15-,19-/m1/s1. The minimum absolute atomic E-state index is 0.0478. The number of carbonyl (C=O) groups excluding carboxylic acids is 2. The molecule has 3 atom stereocenters. The zero-order chi connectivity index (χ0) is 29.7. The quantitative estimate of drug-likeness (QED) is 0.0515. The molecule has 4 heterocycles. The van der Waals surface area contributed by atoms with Crippen molar-refractivity contribution in [3.63, 3.8) is 0 Å². The Morgan fingerprint density at radius 3 is 2.76 bits per heavy atom. The van der Waals surface area contributed by atoms with Crippen LogP contribution in [-0.4, -0.2) is 95.3 Å². The number of aromatic nitrogens is 2. The monoisotopic (exact) mass is 639 g/mol. The molecular weight excluding hydrogens is 615 g/mol. The first-order valence-electron chi connectivity index (χ1n) is 11.7. The summed E-state index contributed by atoms with van der Waals surface area (Å²) in [5.41, 5.74) is 16.7. The first-order valence-corrected chi connectivity index (χ1v) is 15.6. The molecule has 2 amide bonds. The Hall–Kier alpha value is -3.52. The number of nitrogens with two attached hydrogens (primary N) is 3. The second-order valence-electron chi connectivity index (χ2n) is 8.45. The highest BCUT2D eigenvalue weighted by Gasteiger charge is 2.54. The van der Waals surface area contributed by atoms with E-state index in [4.69, 9.17) is 17.2 Å². The number of nitrogens with zero attached hydrogens (tertiary/aromatic N) is 5. The molecule has 1 saturated heterocycles. The lowest BCUT2D eigenvalue weighted by molar-refractivity contribution is -0.150. The lowest BCUT2D eigenvalue weighted by atomic mass is 10.0. The van der Waals surface area contributed by atoms with Gasteiger partial charge in [-0.15, -0.1) is 23.1 Å². The number of thiazole rings is 1. The molecule has 2 aliphatic heterocycles. The second kappa shape index (κ2) is 13.4. The second-order valence-corrected chi connectivity index (χ2v) is 12.6. The molecule has 4 rings (SSSR count). The smallest absolute Gasteiger partial charge is 0.353 e. The Labute approximate surface area is 249 Å². The molecule has 1 unspecified atom stereocenters. The fraction of sp³-hybridized carbons (Fsp3) is 0.318. The predicted octanol–water partition coefficient (Wildman–Crippen LogP) is -0.345. The maximum absolute atomic E-state index is 13.1. The zero-order valence-electron chi connectivity index (χ0n) is 21.0. The van der Waals surface area contributed by atoms with Crippen molar-refractivity contribution in [2.45, 2.75) is 28.1 Å². The number of aliphatic hydroxyl groups is 1. The summed E-state index contributed by atoms with van der Waals surface area (Å²) in [6, 6.07) is 0.264. The van der Waals surface area contributed by atoms with Gasteiger partial charge in [-0.3, -0.25) is 19.5 Å². The SMILES string of the molecule is NC(N)=NC(CO)CSCc1cnccc1SC1=C(C(=O)O)N2C(=O)[C@@H](NC(=O)/C(=N\O)c3csc(N)n3)[C@H]2SC1. The number of hydrogen-bond donors (Lipinski definition) is 7. The number of fused-ring (bicyclic) bond motifs is 1. The molecule has 0 radical (unpaired) electrons. The Morgan fingerprint density at radius 1 is 1.34 bits per heavy atom. The van der Waals surface area contributed by atoms with E-state index in [1.54, 1.807) is 18.5 Å². The predicted molar refractivity (Wildman–Crippen MR) is 157 cm³/mol. The minimum atomic E-state index is -1.28. The number of thioether (sulfide) groups is 3. The maximum Gasteiger partial charge on any atom is 0.353 e. The van der Waals surface area contributed by atoms with E-state index < -0.39 is 41.0 Å². The van der Waals surface area contributed by atoms with Crippen molar-refractivity contribution in [2.24, 2.45) is 21.6 Å². The van der Waals surface area contributed by atoms with E-state index in [9.17, 15) is 29.8 Å². The first kappa shape index (κ1) is 30.4. The lowest BCUT2D eigenvalue weighted by Gasteiger charge is -2.49. The van der Waals surface area contributed by atoms with Crippen molar-refractivity contribution in [3.05, 3.63) is 45.7 Å². The summed E-state index contributed by atoms with van der Waals surface area (Å²) < 4.78 is 0. The highest BCUT2D eigenvalue weighted by atomic mass is 32.2. The van der Waals surface area contributed by atoms with Crippen LogP contribution in [0.25, 0.3) is 0 Å². The number of anilines is 1. The van der Waals surface area contributed by atoms with Gasteiger partial charge in [-0.25, -0.2) is 14.8 Å². The van der Waals surface area contributed by atoms with Crippen molar-refractivity contribution in [1.82, 2.24) is 20.2 Å². The fourth-order valence-corrected chi connectivity index (χ4v) is 8.12. The number of pyridine rings is 1. The van der Waals surface area contributed by atoms with Crippen LogP contribution < -0.4 is 22.5 Å². The number of β-lactam (4-membered cyclic amide) rings is 1. The topological polar surface area (TPSA) is 256 Å². The maximum atomic E-state index is 13.1. The van der Waals surface area contributed by atoms with Crippen molar-refractivity contribution in [3.8, 4) is 0 Å². The van der Waals surface area contributed by atoms with Crippen molar-refractivity contribution >= 4 is 81.2 Å². The molecule has 218 valence electrons. The number of amides is 2. The summed E-state index contributed by atoms with van der Waals surface area (Å²) in [5, 5.41) is 35.3. The van der Waals surface area contributed by atoms with Gasteiger partial charge in [-0.1, -0.05) is 16.9 Å².